The molecule has 0 saturated carbocycles. The molecule has 45 heavy (non-hydrogen) atoms. The molecule has 0 bridgehead atoms. The first kappa shape index (κ1) is 51.4. The topological polar surface area (TPSA) is 207 Å². The van der Waals surface area contributed by atoms with Crippen LogP contribution in [0.25, 0.3) is 0 Å². The van der Waals surface area contributed by atoms with E-state index in [9.17, 15) is 27.6 Å². The number of carbonyl (C=O) groups is 4. The molecule has 0 fully saturated rings. The molecular weight excluding hydrogens is 721 g/mol. The van der Waals surface area contributed by atoms with E-state index in [0.717, 1.165) is 16.5 Å². The van der Waals surface area contributed by atoms with Crippen LogP contribution in [0.3, 0.4) is 0 Å². The van der Waals surface area contributed by atoms with Gasteiger partial charge in [0.25, 0.3) is 0 Å². The zero-order chi connectivity index (χ0) is 35.7. The van der Waals surface area contributed by atoms with Crippen molar-refractivity contribution in [2.75, 3.05) is 104 Å². The van der Waals surface area contributed by atoms with Crippen LogP contribution in [-0.4, -0.2) is 164 Å². The molecular formula is C24H48O15S6. The summed E-state index contributed by atoms with van der Waals surface area (Å²) in [5, 5.41) is 17.1. The van der Waals surface area contributed by atoms with E-state index in [0.29, 0.717) is 31.3 Å². The summed E-state index contributed by atoms with van der Waals surface area (Å²) in [6.45, 7) is 3.22. The van der Waals surface area contributed by atoms with Gasteiger partial charge < -0.3 is 43.4 Å². The highest BCUT2D eigenvalue weighted by Gasteiger charge is 2.18. The fourth-order valence-electron chi connectivity index (χ4n) is 1.90. The third-order valence-corrected chi connectivity index (χ3v) is 9.33. The van der Waals surface area contributed by atoms with Crippen molar-refractivity contribution in [3.8, 4) is 0 Å². The minimum absolute atomic E-state index is 0.0508. The number of ether oxygens (including phenoxy) is 7. The average Bonchev–Trinajstić information content (AvgIpc) is 2.98. The molecule has 0 radical (unpaired) electrons. The van der Waals surface area contributed by atoms with Gasteiger partial charge in [-0.15, -0.1) is 0 Å². The lowest BCUT2D eigenvalue weighted by molar-refractivity contribution is -0.156. The average molecular weight is 769 g/mol. The van der Waals surface area contributed by atoms with Crippen molar-refractivity contribution in [3.63, 3.8) is 0 Å². The highest BCUT2D eigenvalue weighted by molar-refractivity contribution is 8.76. The maximum atomic E-state index is 11.0. The van der Waals surface area contributed by atoms with Gasteiger partial charge in [-0.1, -0.05) is 33.3 Å². The van der Waals surface area contributed by atoms with Crippen molar-refractivity contribution in [1.29, 1.82) is 0 Å². The Morgan fingerprint density at radius 1 is 0.756 bits per heavy atom. The van der Waals surface area contributed by atoms with Gasteiger partial charge in [0.2, 0.25) is 0 Å². The van der Waals surface area contributed by atoms with E-state index in [4.69, 9.17) is 29.2 Å². The Bertz CT molecular complexity index is 849. The van der Waals surface area contributed by atoms with Crippen molar-refractivity contribution in [1.82, 2.24) is 0 Å². The zero-order valence-corrected chi connectivity index (χ0v) is 31.8. The van der Waals surface area contributed by atoms with Gasteiger partial charge in [0.1, 0.15) is 0 Å². The number of thiol groups is 1. The number of carboxylic acid groups (broad SMARTS) is 2. The van der Waals surface area contributed by atoms with Gasteiger partial charge in [-0.2, -0.15) is 12.6 Å². The number of carboxylic acids is 2. The van der Waals surface area contributed by atoms with Gasteiger partial charge >= 0.3 is 17.9 Å². The summed E-state index contributed by atoms with van der Waals surface area (Å²) in [7, 11) is 6.85. The van der Waals surface area contributed by atoms with Crippen LogP contribution in [0, 0.1) is 0 Å². The lowest BCUT2D eigenvalue weighted by Crippen LogP contribution is -2.29. The van der Waals surface area contributed by atoms with Crippen LogP contribution >= 0.6 is 56.8 Å². The smallest absolute Gasteiger partial charge is 0.337 e. The Balaban J connectivity index is -0.000000259. The van der Waals surface area contributed by atoms with Crippen LogP contribution in [0.5, 0.6) is 0 Å². The molecule has 0 saturated heterocycles. The first-order valence-corrected chi connectivity index (χ1v) is 20.6. The van der Waals surface area contributed by atoms with Gasteiger partial charge in [0.15, 0.2) is 32.3 Å². The number of esters is 1. The molecule has 3 atom stereocenters. The third kappa shape index (κ3) is 41.5. The van der Waals surface area contributed by atoms with E-state index < -0.39 is 45.1 Å². The quantitative estimate of drug-likeness (QED) is 0.0622. The molecule has 0 amide bonds. The van der Waals surface area contributed by atoms with Gasteiger partial charge in [0.05, 0.1) is 46.8 Å². The Morgan fingerprint density at radius 3 is 1.47 bits per heavy atom. The molecule has 0 aliphatic rings. The molecule has 15 nitrogen and oxygen atoms in total. The molecule has 0 aliphatic carbocycles. The number of hydrogen-bond donors (Lipinski definition) is 3. The second-order valence-electron chi connectivity index (χ2n) is 7.52. The van der Waals surface area contributed by atoms with Crippen LogP contribution in [0.1, 0.15) is 6.92 Å². The standard InChI is InChI=1S/C9H16O5S.C7H14O4S2.C6H12O4S.C2H6O2S2/c1-7(10)15-5-4-14-6-8(12-2)9(11)13-3;1-10-6(7(8)9)5-11-3-4-13-12-2;1-9-5(6(7)8)4-10-2-3-11;1-5-6(2,3)4/h8H,4-6H2,1-3H3;6H,3-5H2,1-2H3,(H,8,9);5,11H,2-4H2,1H3,(H,7,8);1-2H3. The Hall–Kier alpha value is -0.460. The van der Waals surface area contributed by atoms with Gasteiger partial charge in [-0.3, -0.25) is 4.79 Å². The molecule has 0 rings (SSSR count). The van der Waals surface area contributed by atoms with E-state index in [1.54, 1.807) is 21.6 Å². The van der Waals surface area contributed by atoms with Crippen LogP contribution in [-0.2, 0) is 61.2 Å². The fraction of sp³-hybridized carbons (Fsp3) is 0.833. The second kappa shape index (κ2) is 36.4. The molecule has 0 heterocycles. The Kier molecular flexibility index (Phi) is 41.5. The predicted molar refractivity (Wildman–Crippen MR) is 183 cm³/mol. The van der Waals surface area contributed by atoms with Gasteiger partial charge in [0, 0.05) is 51.8 Å². The molecule has 0 aromatic rings. The van der Waals surface area contributed by atoms with Crippen molar-refractivity contribution in [2.45, 2.75) is 25.2 Å². The zero-order valence-electron chi connectivity index (χ0n) is 26.8. The molecule has 21 heteroatoms. The summed E-state index contributed by atoms with van der Waals surface area (Å²) in [6, 6.07) is 0. The molecule has 0 aliphatic heterocycles. The molecule has 270 valence electrons. The maximum Gasteiger partial charge on any atom is 0.337 e. The van der Waals surface area contributed by atoms with Crippen molar-refractivity contribution < 1.29 is 71.0 Å². The summed E-state index contributed by atoms with van der Waals surface area (Å²) in [5.41, 5.74) is 0. The van der Waals surface area contributed by atoms with E-state index in [1.165, 1.54) is 59.6 Å². The monoisotopic (exact) mass is 768 g/mol. The summed E-state index contributed by atoms with van der Waals surface area (Å²) in [5.74, 6) is -0.441. The highest BCUT2D eigenvalue weighted by atomic mass is 33.1. The van der Waals surface area contributed by atoms with Crippen LogP contribution in [0.4, 0.5) is 0 Å². The minimum Gasteiger partial charge on any atom is -0.479 e. The normalized spacial score (nSPS) is 12.5. The lowest BCUT2D eigenvalue weighted by atomic mass is 10.4. The lowest BCUT2D eigenvalue weighted by Gasteiger charge is -2.12. The fourth-order valence-corrected chi connectivity index (χ4v) is 3.57. The molecule has 0 spiro atoms. The number of thioether (sulfide) groups is 1. The van der Waals surface area contributed by atoms with Gasteiger partial charge in [-0.05, 0) is 23.3 Å². The molecule has 0 aromatic heterocycles. The Morgan fingerprint density at radius 2 is 1.16 bits per heavy atom. The van der Waals surface area contributed by atoms with Gasteiger partial charge in [-0.25, -0.2) is 22.8 Å². The minimum atomic E-state index is -2.75. The van der Waals surface area contributed by atoms with Crippen LogP contribution in [0.15, 0.2) is 0 Å². The van der Waals surface area contributed by atoms with Crippen LogP contribution < -0.4 is 0 Å². The summed E-state index contributed by atoms with van der Waals surface area (Å²) in [6.07, 6.45) is 2.29. The number of aliphatic carboxylic acids is 2. The van der Waals surface area contributed by atoms with Crippen molar-refractivity contribution in [2.24, 2.45) is 0 Å². The van der Waals surface area contributed by atoms with E-state index in [-0.39, 0.29) is 24.9 Å². The number of carbonyl (C=O) groups excluding carboxylic acids is 2. The van der Waals surface area contributed by atoms with E-state index in [2.05, 4.69) is 26.8 Å². The first-order chi connectivity index (χ1) is 21.1. The second-order valence-corrected chi connectivity index (χ2v) is 16.5. The molecule has 3 unspecified atom stereocenters. The third-order valence-electron chi connectivity index (χ3n) is 4.18. The summed E-state index contributed by atoms with van der Waals surface area (Å²) in [4.78, 5) is 42.3. The largest absolute Gasteiger partial charge is 0.479 e. The van der Waals surface area contributed by atoms with E-state index >= 15 is 0 Å². The highest BCUT2D eigenvalue weighted by Crippen LogP contribution is 2.15. The molecule has 2 N–H and O–H groups in total. The number of rotatable bonds is 22. The first-order valence-electron chi connectivity index (χ1n) is 12.6. The van der Waals surface area contributed by atoms with Crippen LogP contribution in [0.2, 0.25) is 0 Å². The number of hydrogen-bond acceptors (Lipinski definition) is 18. The Labute approximate surface area is 287 Å². The SMILES string of the molecule is COC(=O)C(COCCSC(C)=O)OC.COC(COCCS)C(=O)O.COC(COCCSSC)C(=O)O.CSS(C)(=O)=O. The summed E-state index contributed by atoms with van der Waals surface area (Å²) < 4.78 is 53.8. The predicted octanol–water partition coefficient (Wildman–Crippen LogP) is 1.93. The molecule has 0 aromatic carbocycles. The van der Waals surface area contributed by atoms with Crippen molar-refractivity contribution in [3.05, 3.63) is 0 Å². The summed E-state index contributed by atoms with van der Waals surface area (Å²) >= 11 is 5.07. The van der Waals surface area contributed by atoms with E-state index in [1.807, 2.05) is 6.26 Å². The van der Waals surface area contributed by atoms with Crippen molar-refractivity contribution >= 4 is 88.7 Å². The number of methoxy groups -OCH3 is 4. The maximum absolute atomic E-state index is 11.0.